The second kappa shape index (κ2) is 20.1. The summed E-state index contributed by atoms with van der Waals surface area (Å²) in [6, 6.07) is 9.82. The van der Waals surface area contributed by atoms with Gasteiger partial charge in [0.1, 0.15) is 47.1 Å². The maximum absolute atomic E-state index is 14.4. The Balaban J connectivity index is 1.01. The van der Waals surface area contributed by atoms with E-state index in [2.05, 4.69) is 51.7 Å². The van der Waals surface area contributed by atoms with Crippen molar-refractivity contribution >= 4 is 57.6 Å². The summed E-state index contributed by atoms with van der Waals surface area (Å²) in [5, 5.41) is 32.8. The summed E-state index contributed by atoms with van der Waals surface area (Å²) in [5.41, 5.74) is 10.4. The van der Waals surface area contributed by atoms with Gasteiger partial charge in [0.2, 0.25) is 17.8 Å². The summed E-state index contributed by atoms with van der Waals surface area (Å²) in [5.74, 6) is 0.277. The number of nitrogens with two attached hydrogens (primary N) is 1. The predicted octanol–water partition coefficient (Wildman–Crippen LogP) is 4.27. The number of amides is 4. The molecule has 2 saturated heterocycles. The number of carbonyl (C=O) groups excluding carboxylic acids is 4. The summed E-state index contributed by atoms with van der Waals surface area (Å²) in [6.45, 7) is 10.1. The molecule has 11 rings (SSSR count). The number of aromatic nitrogens is 12. The number of primary amides is 1. The van der Waals surface area contributed by atoms with Crippen LogP contribution in [0.5, 0.6) is 11.5 Å². The topological polar surface area (TPSA) is 287 Å². The highest BCUT2D eigenvalue weighted by Gasteiger charge is 2.42. The van der Waals surface area contributed by atoms with Crippen LogP contribution in [0.4, 0.5) is 11.9 Å². The number of nitrogens with zero attached hydrogens (tertiary/aromatic N) is 12. The molecule has 0 spiro atoms. The number of hydrogen-bond donors (Lipinski definition) is 5. The first-order chi connectivity index (χ1) is 35.9. The van der Waals surface area contributed by atoms with Crippen molar-refractivity contribution in [3.63, 3.8) is 0 Å². The first-order valence-corrected chi connectivity index (χ1v) is 25.3. The molecule has 3 aliphatic heterocycles. The maximum atomic E-state index is 14.4. The van der Waals surface area contributed by atoms with Gasteiger partial charge in [0.15, 0.2) is 5.82 Å². The summed E-state index contributed by atoms with van der Waals surface area (Å²) in [4.78, 5) is 67.8. The Morgan fingerprint density at radius 3 is 1.73 bits per heavy atom. The van der Waals surface area contributed by atoms with Gasteiger partial charge >= 0.3 is 0 Å². The zero-order chi connectivity index (χ0) is 51.2. The molecular weight excluding hydrogens is 951 g/mol. The molecule has 3 fully saturated rings. The third kappa shape index (κ3) is 9.33. The Labute approximate surface area is 424 Å². The summed E-state index contributed by atoms with van der Waals surface area (Å²) < 4.78 is 26.8. The van der Waals surface area contributed by atoms with Crippen LogP contribution in [0.2, 0.25) is 0 Å². The third-order valence-corrected chi connectivity index (χ3v) is 14.6. The summed E-state index contributed by atoms with van der Waals surface area (Å²) >= 11 is 0. The molecular formula is C50H59N17O7. The fourth-order valence-electron chi connectivity index (χ4n) is 11.1. The van der Waals surface area contributed by atoms with Crippen LogP contribution in [0.1, 0.15) is 117 Å². The van der Waals surface area contributed by atoms with E-state index >= 15 is 0 Å². The standard InChI is InChI=1S/C50H59N17O7/c1-5-65-38(17-27(3)59-65)47(70)55-49-53-36-19-30(44(51)68)21-40-42(36)63(49)15-7-8-16-64-43-37(54-50(64)56-48(71)39-18-28(4)60-66(39)6-2)20-31(46(69)52-32-11-9-29(10-12-32)45-57-61-62-58-45)22-41(43)74-26-35(25-73-40)67-33-13-14-34(67)24-72-23-33/h7-8,17-22,29,32-35H,5-6,9-16,23-26H2,1-4H3,(H2,51,68)(H,52,69)(H,53,55,70)(H,54,56,71)(H,57,58,61,62)/b8-7+/t29-,32-,33?,34?,35-/m0/s1. The molecule has 74 heavy (non-hydrogen) atoms. The SMILES string of the molecule is CCn1nc(C)cc1C(=O)Nc1nc2cc(C(N)=O)cc3c2n1C/C=C/Cn1c(NC(=O)c2cc(C)nn2CC)nc2cc(C(=O)N[C@H]4CC[C@H](c5nnn[nH]5)CC4)cc(c21)OC[C@@H](N1C2CCC1COC2)CO3. The number of aryl methyl sites for hydroxylation is 4. The molecule has 1 aliphatic carbocycles. The number of imidazole rings is 2. The van der Waals surface area contributed by atoms with Gasteiger partial charge in [0.25, 0.3) is 17.7 Å². The van der Waals surface area contributed by atoms with E-state index in [0.717, 1.165) is 44.3 Å². The van der Waals surface area contributed by atoms with E-state index in [-0.39, 0.29) is 79.8 Å². The van der Waals surface area contributed by atoms with Crippen LogP contribution in [0, 0.1) is 13.8 Å². The molecule has 0 radical (unpaired) electrons. The Kier molecular flexibility index (Phi) is 13.1. The number of morpholine rings is 1. The Hall–Kier alpha value is -7.99. The van der Waals surface area contributed by atoms with E-state index in [1.807, 2.05) is 49.0 Å². The van der Waals surface area contributed by atoms with Crippen LogP contribution in [-0.2, 0) is 30.9 Å². The number of ether oxygens (including phenoxy) is 3. The van der Waals surface area contributed by atoms with E-state index in [1.165, 1.54) is 0 Å². The van der Waals surface area contributed by atoms with Crippen LogP contribution in [0.25, 0.3) is 22.1 Å². The van der Waals surface area contributed by atoms with Gasteiger partial charge in [-0.2, -0.15) is 10.2 Å². The molecule has 6 N–H and O–H groups in total. The Morgan fingerprint density at radius 2 is 1.22 bits per heavy atom. The zero-order valence-electron chi connectivity index (χ0n) is 41.7. The maximum Gasteiger partial charge on any atom is 0.276 e. The molecule has 4 aliphatic rings. The number of allylic oxidation sites excluding steroid dienone is 2. The van der Waals surface area contributed by atoms with Crippen molar-refractivity contribution in [3.05, 3.63) is 88.3 Å². The van der Waals surface area contributed by atoms with Gasteiger partial charge in [-0.1, -0.05) is 12.2 Å². The molecule has 2 bridgehead atoms. The number of carbonyl (C=O) groups is 4. The lowest BCUT2D eigenvalue weighted by Crippen LogP contribution is -2.55. The van der Waals surface area contributed by atoms with Crippen molar-refractivity contribution in [2.24, 2.45) is 5.73 Å². The first kappa shape index (κ1) is 48.3. The Bertz CT molecular complexity index is 3290. The van der Waals surface area contributed by atoms with Crippen LogP contribution >= 0.6 is 0 Å². The smallest absolute Gasteiger partial charge is 0.276 e. The van der Waals surface area contributed by atoms with E-state index < -0.39 is 17.7 Å². The molecule has 2 aromatic carbocycles. The average molecular weight is 1010 g/mol. The number of aromatic amines is 1. The molecule has 8 heterocycles. The highest BCUT2D eigenvalue weighted by molar-refractivity contribution is 6.05. The highest BCUT2D eigenvalue weighted by Crippen LogP contribution is 2.37. The molecule has 4 amide bonds. The largest absolute Gasteiger partial charge is 0.490 e. The molecule has 7 aromatic rings. The molecule has 2 unspecified atom stereocenters. The number of H-pyrrole nitrogens is 1. The minimum absolute atomic E-state index is 0.0836. The van der Waals surface area contributed by atoms with Crippen molar-refractivity contribution < 1.29 is 33.4 Å². The van der Waals surface area contributed by atoms with Gasteiger partial charge in [0, 0.05) is 61.3 Å². The van der Waals surface area contributed by atoms with E-state index in [4.69, 9.17) is 29.9 Å². The van der Waals surface area contributed by atoms with Crippen LogP contribution in [0.15, 0.2) is 48.6 Å². The minimum Gasteiger partial charge on any atom is -0.490 e. The van der Waals surface area contributed by atoms with Crippen molar-refractivity contribution in [1.82, 2.24) is 69.5 Å². The molecule has 5 aromatic heterocycles. The second-order valence-electron chi connectivity index (χ2n) is 19.4. The average Bonchev–Trinajstić information content (AvgIpc) is 4.27. The quantitative estimate of drug-likeness (QED) is 0.113. The van der Waals surface area contributed by atoms with Crippen molar-refractivity contribution in [2.75, 3.05) is 37.1 Å². The lowest BCUT2D eigenvalue weighted by Gasteiger charge is -2.40. The molecule has 24 heteroatoms. The van der Waals surface area contributed by atoms with Crippen LogP contribution in [-0.4, -0.2) is 138 Å². The number of hydrogen-bond acceptors (Lipinski definition) is 15. The van der Waals surface area contributed by atoms with E-state index in [1.54, 1.807) is 45.8 Å². The van der Waals surface area contributed by atoms with Crippen molar-refractivity contribution in [1.29, 1.82) is 0 Å². The van der Waals surface area contributed by atoms with Gasteiger partial charge in [-0.15, -0.1) is 5.10 Å². The van der Waals surface area contributed by atoms with Gasteiger partial charge in [-0.25, -0.2) is 15.1 Å². The normalized spacial score (nSPS) is 21.6. The highest BCUT2D eigenvalue weighted by atomic mass is 16.5. The fourth-order valence-corrected chi connectivity index (χ4v) is 11.1. The number of tetrazole rings is 1. The monoisotopic (exact) mass is 1010 g/mol. The zero-order valence-corrected chi connectivity index (χ0v) is 41.7. The van der Waals surface area contributed by atoms with Gasteiger partial charge < -0.3 is 34.4 Å². The number of nitrogens with one attached hydrogen (secondary N) is 4. The van der Waals surface area contributed by atoms with Crippen molar-refractivity contribution in [3.8, 4) is 11.5 Å². The molecule has 3 atom stereocenters. The van der Waals surface area contributed by atoms with Crippen LogP contribution in [0.3, 0.4) is 0 Å². The van der Waals surface area contributed by atoms with Gasteiger partial charge in [-0.3, -0.25) is 44.1 Å². The first-order valence-electron chi connectivity index (χ1n) is 25.3. The summed E-state index contributed by atoms with van der Waals surface area (Å²) in [6.07, 6.45) is 8.75. The van der Waals surface area contributed by atoms with Gasteiger partial charge in [0.05, 0.1) is 41.7 Å². The van der Waals surface area contributed by atoms with E-state index in [9.17, 15) is 19.2 Å². The molecule has 1 saturated carbocycles. The number of rotatable bonds is 11. The van der Waals surface area contributed by atoms with Crippen molar-refractivity contribution in [2.45, 2.75) is 122 Å². The summed E-state index contributed by atoms with van der Waals surface area (Å²) in [7, 11) is 0. The second-order valence-corrected chi connectivity index (χ2v) is 19.4. The van der Waals surface area contributed by atoms with E-state index in [0.29, 0.717) is 88.2 Å². The number of anilines is 2. The van der Waals surface area contributed by atoms with Gasteiger partial charge in [-0.05, 0) is 113 Å². The number of fused-ring (bicyclic) bond motifs is 2. The Morgan fingerprint density at radius 1 is 0.676 bits per heavy atom. The molecule has 24 nitrogen and oxygen atoms in total. The van der Waals surface area contributed by atoms with Crippen LogP contribution < -0.4 is 31.2 Å². The predicted molar refractivity (Wildman–Crippen MR) is 269 cm³/mol. The lowest BCUT2D eigenvalue weighted by atomic mass is 9.85. The third-order valence-electron chi connectivity index (χ3n) is 14.6. The lowest BCUT2D eigenvalue weighted by molar-refractivity contribution is -0.0534. The minimum atomic E-state index is -0.673. The number of benzene rings is 2. The molecule has 386 valence electrons. The fraction of sp³-hybridized carbons (Fsp3) is 0.460.